The fourth-order valence-corrected chi connectivity index (χ4v) is 3.85. The second kappa shape index (κ2) is 7.06. The summed E-state index contributed by atoms with van der Waals surface area (Å²) in [6.07, 6.45) is 0.298. The molecule has 2 aromatic rings. The van der Waals surface area contributed by atoms with Crippen LogP contribution in [0.1, 0.15) is 36.6 Å². The zero-order valence-corrected chi connectivity index (χ0v) is 14.8. The fraction of sp³-hybridized carbons (Fsp3) is 0.647. The summed E-state index contributed by atoms with van der Waals surface area (Å²) in [7, 11) is 0. The Morgan fingerprint density at radius 1 is 1.15 bits per heavy atom. The number of rotatable bonds is 4. The van der Waals surface area contributed by atoms with Gasteiger partial charge in [-0.2, -0.15) is 13.2 Å². The Morgan fingerprint density at radius 2 is 1.93 bits per heavy atom. The summed E-state index contributed by atoms with van der Waals surface area (Å²) >= 11 is 0. The Labute approximate surface area is 153 Å². The van der Waals surface area contributed by atoms with Crippen LogP contribution in [-0.2, 0) is 32.2 Å². The van der Waals surface area contributed by atoms with Crippen molar-refractivity contribution < 1.29 is 13.2 Å². The summed E-state index contributed by atoms with van der Waals surface area (Å²) in [6, 6.07) is 0.570. The predicted molar refractivity (Wildman–Crippen MR) is 89.8 cm³/mol. The molecule has 27 heavy (non-hydrogen) atoms. The topological polar surface area (TPSA) is 68.8 Å². The van der Waals surface area contributed by atoms with Gasteiger partial charge in [0.15, 0.2) is 5.69 Å². The molecule has 0 atom stereocenters. The van der Waals surface area contributed by atoms with Gasteiger partial charge in [-0.1, -0.05) is 0 Å². The van der Waals surface area contributed by atoms with E-state index in [0.29, 0.717) is 12.6 Å². The van der Waals surface area contributed by atoms with E-state index in [1.165, 1.54) is 4.57 Å². The first-order valence-corrected chi connectivity index (χ1v) is 9.17. The highest BCUT2D eigenvalue weighted by Gasteiger charge is 2.33. The monoisotopic (exact) mass is 382 g/mol. The van der Waals surface area contributed by atoms with Crippen LogP contribution >= 0.6 is 0 Å². The third-order valence-electron chi connectivity index (χ3n) is 5.38. The molecule has 4 heterocycles. The van der Waals surface area contributed by atoms with Gasteiger partial charge in [0, 0.05) is 25.6 Å². The van der Waals surface area contributed by atoms with E-state index in [-0.39, 0.29) is 5.92 Å². The maximum absolute atomic E-state index is 12.6. The molecule has 1 saturated heterocycles. The van der Waals surface area contributed by atoms with Crippen LogP contribution < -0.4 is 5.56 Å². The largest absolute Gasteiger partial charge is 0.433 e. The minimum atomic E-state index is -4.59. The third-order valence-corrected chi connectivity index (χ3v) is 5.38. The number of piperidine rings is 1. The van der Waals surface area contributed by atoms with Crippen LogP contribution in [0.4, 0.5) is 13.2 Å². The molecule has 0 amide bonds. The summed E-state index contributed by atoms with van der Waals surface area (Å²) in [5.41, 5.74) is -1.79. The van der Waals surface area contributed by atoms with E-state index in [9.17, 15) is 18.0 Å². The zero-order valence-electron chi connectivity index (χ0n) is 14.8. The van der Waals surface area contributed by atoms with Crippen molar-refractivity contribution in [1.82, 2.24) is 29.2 Å². The predicted octanol–water partition coefficient (Wildman–Crippen LogP) is 1.71. The van der Waals surface area contributed by atoms with Crippen molar-refractivity contribution >= 4 is 0 Å². The molecule has 10 heteroatoms. The molecule has 146 valence electrons. The van der Waals surface area contributed by atoms with Gasteiger partial charge in [-0.3, -0.25) is 14.3 Å². The van der Waals surface area contributed by atoms with Crippen LogP contribution in [0.15, 0.2) is 17.2 Å². The van der Waals surface area contributed by atoms with E-state index in [0.717, 1.165) is 69.8 Å². The fourth-order valence-electron chi connectivity index (χ4n) is 3.85. The van der Waals surface area contributed by atoms with E-state index in [1.807, 2.05) is 0 Å². The van der Waals surface area contributed by atoms with Gasteiger partial charge in [0.2, 0.25) is 0 Å². The van der Waals surface area contributed by atoms with Crippen molar-refractivity contribution in [2.24, 2.45) is 5.92 Å². The first-order valence-electron chi connectivity index (χ1n) is 9.17. The molecule has 7 nitrogen and oxygen atoms in total. The first-order chi connectivity index (χ1) is 12.9. The second-order valence-electron chi connectivity index (χ2n) is 7.27. The van der Waals surface area contributed by atoms with Gasteiger partial charge < -0.3 is 4.57 Å². The number of halogens is 3. The minimum absolute atomic E-state index is 0.251. The van der Waals surface area contributed by atoms with E-state index < -0.39 is 17.4 Å². The second-order valence-corrected chi connectivity index (χ2v) is 7.27. The first kappa shape index (κ1) is 18.1. The zero-order chi connectivity index (χ0) is 19.0. The highest BCUT2D eigenvalue weighted by atomic mass is 19.4. The number of hydrogen-bond donors (Lipinski definition) is 0. The van der Waals surface area contributed by atoms with Gasteiger partial charge in [0.25, 0.3) is 5.56 Å². The summed E-state index contributed by atoms with van der Waals surface area (Å²) in [6.45, 7) is 3.89. The standard InChI is InChI=1S/C17H21F3N6O/c18-17(19,20)13-8-16(27)25(11-21-13)9-12-3-6-24(7-4-12)10-15-23-22-14-2-1-5-26(14)15/h8,11-12H,1-7,9-10H2. The quantitative estimate of drug-likeness (QED) is 0.805. The molecule has 4 rings (SSSR count). The van der Waals surface area contributed by atoms with E-state index in [4.69, 9.17) is 0 Å². The van der Waals surface area contributed by atoms with Crippen LogP contribution in [0.25, 0.3) is 0 Å². The molecule has 0 saturated carbocycles. The molecule has 0 unspecified atom stereocenters. The molecule has 0 aromatic carbocycles. The Hall–Kier alpha value is -2.23. The van der Waals surface area contributed by atoms with Crippen molar-refractivity contribution in [3.8, 4) is 0 Å². The molecule has 2 aliphatic rings. The van der Waals surface area contributed by atoms with Gasteiger partial charge in [-0.25, -0.2) is 4.98 Å². The van der Waals surface area contributed by atoms with Crippen LogP contribution in [0.3, 0.4) is 0 Å². The van der Waals surface area contributed by atoms with E-state index in [1.54, 1.807) is 0 Å². The lowest BCUT2D eigenvalue weighted by Crippen LogP contribution is -2.36. The number of aromatic nitrogens is 5. The summed E-state index contributed by atoms with van der Waals surface area (Å²) < 4.78 is 41.3. The van der Waals surface area contributed by atoms with Gasteiger partial charge in [0.1, 0.15) is 11.6 Å². The van der Waals surface area contributed by atoms with Crippen LogP contribution in [0, 0.1) is 5.92 Å². The van der Waals surface area contributed by atoms with Gasteiger partial charge in [-0.15, -0.1) is 10.2 Å². The molecule has 0 bridgehead atoms. The Morgan fingerprint density at radius 3 is 2.63 bits per heavy atom. The van der Waals surface area contributed by atoms with Crippen LogP contribution in [0.2, 0.25) is 0 Å². The molecular weight excluding hydrogens is 361 g/mol. The van der Waals surface area contributed by atoms with Crippen LogP contribution in [0.5, 0.6) is 0 Å². The van der Waals surface area contributed by atoms with Gasteiger partial charge in [-0.05, 0) is 38.3 Å². The summed E-state index contributed by atoms with van der Waals surface area (Å²) in [5.74, 6) is 2.32. The molecule has 1 fully saturated rings. The summed E-state index contributed by atoms with van der Waals surface area (Å²) in [4.78, 5) is 17.6. The number of alkyl halides is 3. The van der Waals surface area contributed by atoms with E-state index >= 15 is 0 Å². The molecule has 0 N–H and O–H groups in total. The normalized spacial score (nSPS) is 18.8. The van der Waals surface area contributed by atoms with Crippen molar-refractivity contribution in [3.63, 3.8) is 0 Å². The Bertz CT molecular complexity index is 866. The number of likely N-dealkylation sites (tertiary alicyclic amines) is 1. The lowest BCUT2D eigenvalue weighted by molar-refractivity contribution is -0.141. The van der Waals surface area contributed by atoms with E-state index in [2.05, 4.69) is 24.6 Å². The number of hydrogen-bond acceptors (Lipinski definition) is 5. The molecular formula is C17H21F3N6O. The molecule has 2 aromatic heterocycles. The SMILES string of the molecule is O=c1cc(C(F)(F)F)ncn1CC1CCN(Cc2nnc3n2CCC3)CC1. The third kappa shape index (κ3) is 3.90. The van der Waals surface area contributed by atoms with Gasteiger partial charge >= 0.3 is 6.18 Å². The molecule has 0 radical (unpaired) electrons. The van der Waals surface area contributed by atoms with Crippen molar-refractivity contribution in [2.75, 3.05) is 13.1 Å². The Balaban J connectivity index is 1.32. The smallest absolute Gasteiger partial charge is 0.314 e. The van der Waals surface area contributed by atoms with Crippen molar-refractivity contribution in [3.05, 3.63) is 40.1 Å². The molecule has 2 aliphatic heterocycles. The maximum atomic E-state index is 12.6. The number of aryl methyl sites for hydroxylation is 1. The van der Waals surface area contributed by atoms with Crippen LogP contribution in [-0.4, -0.2) is 42.3 Å². The van der Waals surface area contributed by atoms with Gasteiger partial charge in [0.05, 0.1) is 12.9 Å². The lowest BCUT2D eigenvalue weighted by atomic mass is 9.96. The number of fused-ring (bicyclic) bond motifs is 1. The average molecular weight is 382 g/mol. The highest BCUT2D eigenvalue weighted by molar-refractivity contribution is 5.04. The molecule has 0 aliphatic carbocycles. The van der Waals surface area contributed by atoms with Crippen molar-refractivity contribution in [1.29, 1.82) is 0 Å². The Kier molecular flexibility index (Phi) is 4.75. The average Bonchev–Trinajstić information content (AvgIpc) is 3.22. The highest BCUT2D eigenvalue weighted by Crippen LogP contribution is 2.26. The van der Waals surface area contributed by atoms with Crippen molar-refractivity contribution in [2.45, 2.75) is 51.5 Å². The lowest BCUT2D eigenvalue weighted by Gasteiger charge is -2.31. The maximum Gasteiger partial charge on any atom is 0.433 e. The number of nitrogens with zero attached hydrogens (tertiary/aromatic N) is 6. The summed E-state index contributed by atoms with van der Waals surface area (Å²) in [5, 5.41) is 8.51. The molecule has 0 spiro atoms. The minimum Gasteiger partial charge on any atom is -0.314 e.